The Morgan fingerprint density at radius 3 is 2.60 bits per heavy atom. The van der Waals surface area contributed by atoms with Crippen LogP contribution >= 0.6 is 0 Å². The number of amides is 1. The summed E-state index contributed by atoms with van der Waals surface area (Å²) in [5, 5.41) is 9.36. The van der Waals surface area contributed by atoms with Gasteiger partial charge < -0.3 is 24.2 Å². The lowest BCUT2D eigenvalue weighted by Crippen LogP contribution is -2.45. The van der Waals surface area contributed by atoms with Crippen molar-refractivity contribution in [2.45, 2.75) is 37.8 Å². The van der Waals surface area contributed by atoms with Crippen LogP contribution in [0.5, 0.6) is 11.5 Å². The van der Waals surface area contributed by atoms with Gasteiger partial charge in [-0.3, -0.25) is 9.59 Å². The lowest BCUT2D eigenvalue weighted by Gasteiger charge is -2.38. The molecule has 0 bridgehead atoms. The molecule has 7 heteroatoms. The van der Waals surface area contributed by atoms with Crippen molar-refractivity contribution in [3.8, 4) is 11.5 Å². The number of carboxylic acid groups (broad SMARTS) is 1. The molecule has 1 aromatic rings. The molecule has 0 unspecified atom stereocenters. The molecule has 2 aliphatic heterocycles. The smallest absolute Gasteiger partial charge is 0.305 e. The number of carbonyl (C=O) groups is 2. The Morgan fingerprint density at radius 2 is 2.00 bits per heavy atom. The number of hydrogen-bond donors (Lipinski definition) is 1. The first-order valence-corrected chi connectivity index (χ1v) is 8.43. The average molecular weight is 349 g/mol. The molecule has 1 N–H and O–H groups in total. The summed E-state index contributed by atoms with van der Waals surface area (Å²) in [6, 6.07) is 3.13. The van der Waals surface area contributed by atoms with Gasteiger partial charge in [-0.25, -0.2) is 0 Å². The molecule has 1 amide bonds. The highest BCUT2D eigenvalue weighted by Crippen LogP contribution is 2.40. The fourth-order valence-electron chi connectivity index (χ4n) is 3.63. The van der Waals surface area contributed by atoms with Crippen LogP contribution < -0.4 is 9.47 Å². The molecule has 0 radical (unpaired) electrons. The first kappa shape index (κ1) is 17.5. The number of fused-ring (bicyclic) bond motifs is 1. The zero-order valence-corrected chi connectivity index (χ0v) is 14.5. The summed E-state index contributed by atoms with van der Waals surface area (Å²) in [5.74, 6) is 0.0687. The zero-order chi connectivity index (χ0) is 18.0. The summed E-state index contributed by atoms with van der Waals surface area (Å²) < 4.78 is 16.2. The fourth-order valence-corrected chi connectivity index (χ4v) is 3.63. The van der Waals surface area contributed by atoms with Crippen LogP contribution in [0, 0.1) is 0 Å². The highest BCUT2D eigenvalue weighted by molar-refractivity contribution is 5.83. The van der Waals surface area contributed by atoms with Crippen molar-refractivity contribution < 1.29 is 28.9 Å². The third-order valence-electron chi connectivity index (χ3n) is 4.86. The number of aliphatic carboxylic acids is 1. The van der Waals surface area contributed by atoms with Gasteiger partial charge >= 0.3 is 5.97 Å². The molecular formula is C18H23NO6. The van der Waals surface area contributed by atoms with Gasteiger partial charge in [0.25, 0.3) is 5.91 Å². The minimum absolute atomic E-state index is 0.121. The molecule has 0 saturated carbocycles. The highest BCUT2D eigenvalue weighted by Gasteiger charge is 2.37. The van der Waals surface area contributed by atoms with E-state index >= 15 is 0 Å². The van der Waals surface area contributed by atoms with Crippen LogP contribution in [0.3, 0.4) is 0 Å². The summed E-state index contributed by atoms with van der Waals surface area (Å²) >= 11 is 0. The van der Waals surface area contributed by atoms with Crippen molar-refractivity contribution in [2.24, 2.45) is 0 Å². The van der Waals surface area contributed by atoms with Gasteiger partial charge in [0.2, 0.25) is 0 Å². The van der Waals surface area contributed by atoms with E-state index in [0.717, 1.165) is 17.5 Å². The van der Waals surface area contributed by atoms with Gasteiger partial charge in [-0.15, -0.1) is 0 Å². The third-order valence-corrected chi connectivity index (χ3v) is 4.86. The molecule has 2 atom stereocenters. The van der Waals surface area contributed by atoms with Crippen LogP contribution in [-0.2, 0) is 20.7 Å². The predicted octanol–water partition coefficient (Wildman–Crippen LogP) is 1.78. The van der Waals surface area contributed by atoms with E-state index in [9.17, 15) is 14.7 Å². The molecule has 3 rings (SSSR count). The molecule has 25 heavy (non-hydrogen) atoms. The lowest BCUT2D eigenvalue weighted by molar-refractivity contribution is -0.147. The Labute approximate surface area is 146 Å². The van der Waals surface area contributed by atoms with Crippen LogP contribution in [0.15, 0.2) is 12.1 Å². The summed E-state index contributed by atoms with van der Waals surface area (Å²) in [6.07, 6.45) is 1.58. The quantitative estimate of drug-likeness (QED) is 0.872. The number of hydrogen-bond acceptors (Lipinski definition) is 5. The van der Waals surface area contributed by atoms with Crippen molar-refractivity contribution in [1.82, 2.24) is 4.90 Å². The normalized spacial score (nSPS) is 22.4. The molecule has 1 fully saturated rings. The maximum absolute atomic E-state index is 12.8. The van der Waals surface area contributed by atoms with Gasteiger partial charge in [0.1, 0.15) is 6.10 Å². The number of benzene rings is 1. The molecule has 2 aliphatic rings. The van der Waals surface area contributed by atoms with E-state index in [1.807, 2.05) is 6.07 Å². The number of nitrogens with zero attached hydrogens (tertiary/aromatic N) is 1. The molecule has 1 saturated heterocycles. The molecule has 7 nitrogen and oxygen atoms in total. The standard InChI is InChI=1S/C18H23NO6/c1-23-15-8-11-5-6-19(18(22)14-4-3-7-25-14)13(10-17(20)21)12(11)9-16(15)24-2/h8-9,13-14H,3-7,10H2,1-2H3,(H,20,21)/t13-,14+/m1/s1. The summed E-state index contributed by atoms with van der Waals surface area (Å²) in [4.78, 5) is 25.9. The Hall–Kier alpha value is -2.28. The number of carbonyl (C=O) groups excluding carboxylic acids is 1. The van der Waals surface area contributed by atoms with E-state index in [1.165, 1.54) is 7.11 Å². The third kappa shape index (κ3) is 3.42. The first-order chi connectivity index (χ1) is 12.0. The molecule has 136 valence electrons. The summed E-state index contributed by atoms with van der Waals surface area (Å²) in [6.45, 7) is 1.05. The highest BCUT2D eigenvalue weighted by atomic mass is 16.5. The Balaban J connectivity index is 1.97. The number of rotatable bonds is 5. The van der Waals surface area contributed by atoms with E-state index in [-0.39, 0.29) is 12.3 Å². The van der Waals surface area contributed by atoms with Crippen LogP contribution in [0.2, 0.25) is 0 Å². The van der Waals surface area contributed by atoms with Crippen molar-refractivity contribution in [3.05, 3.63) is 23.3 Å². The number of methoxy groups -OCH3 is 2. The van der Waals surface area contributed by atoms with Gasteiger partial charge in [-0.2, -0.15) is 0 Å². The van der Waals surface area contributed by atoms with Gasteiger partial charge in [0.05, 0.1) is 26.7 Å². The second-order valence-electron chi connectivity index (χ2n) is 6.30. The van der Waals surface area contributed by atoms with Crippen molar-refractivity contribution in [2.75, 3.05) is 27.4 Å². The average Bonchev–Trinajstić information content (AvgIpc) is 3.14. The van der Waals surface area contributed by atoms with E-state index < -0.39 is 18.1 Å². The van der Waals surface area contributed by atoms with Crippen LogP contribution in [0.4, 0.5) is 0 Å². The zero-order valence-electron chi connectivity index (χ0n) is 14.5. The van der Waals surface area contributed by atoms with Crippen LogP contribution in [0.25, 0.3) is 0 Å². The monoisotopic (exact) mass is 349 g/mol. The van der Waals surface area contributed by atoms with Gasteiger partial charge in [-0.05, 0) is 42.5 Å². The topological polar surface area (TPSA) is 85.3 Å². The Bertz CT molecular complexity index is 668. The molecule has 2 heterocycles. The predicted molar refractivity (Wildman–Crippen MR) is 88.9 cm³/mol. The van der Waals surface area contributed by atoms with E-state index in [0.29, 0.717) is 37.5 Å². The summed E-state index contributed by atoms with van der Waals surface area (Å²) in [7, 11) is 3.10. The fraction of sp³-hybridized carbons (Fsp3) is 0.556. The molecular weight excluding hydrogens is 326 g/mol. The van der Waals surface area contributed by atoms with Crippen molar-refractivity contribution >= 4 is 11.9 Å². The summed E-state index contributed by atoms with van der Waals surface area (Å²) in [5.41, 5.74) is 1.79. The SMILES string of the molecule is COc1cc2c(cc1OC)[C@@H](CC(=O)O)N(C(=O)[C@@H]1CCCO1)CC2. The molecule has 1 aromatic carbocycles. The number of ether oxygens (including phenoxy) is 3. The lowest BCUT2D eigenvalue weighted by atomic mass is 9.89. The maximum atomic E-state index is 12.8. The van der Waals surface area contributed by atoms with E-state index in [1.54, 1.807) is 18.1 Å². The minimum Gasteiger partial charge on any atom is -0.493 e. The van der Waals surface area contributed by atoms with Crippen LogP contribution in [0.1, 0.15) is 36.4 Å². The molecule has 0 aliphatic carbocycles. The minimum atomic E-state index is -0.947. The van der Waals surface area contributed by atoms with E-state index in [4.69, 9.17) is 14.2 Å². The second-order valence-corrected chi connectivity index (χ2v) is 6.30. The van der Waals surface area contributed by atoms with Gasteiger partial charge in [0, 0.05) is 13.2 Å². The number of carboxylic acids is 1. The first-order valence-electron chi connectivity index (χ1n) is 8.43. The molecule has 0 aromatic heterocycles. The van der Waals surface area contributed by atoms with Crippen LogP contribution in [-0.4, -0.2) is 55.4 Å². The van der Waals surface area contributed by atoms with Gasteiger partial charge in [0.15, 0.2) is 11.5 Å². The largest absolute Gasteiger partial charge is 0.493 e. The van der Waals surface area contributed by atoms with Crippen molar-refractivity contribution in [3.63, 3.8) is 0 Å². The Morgan fingerprint density at radius 1 is 1.28 bits per heavy atom. The second kappa shape index (κ2) is 7.31. The van der Waals surface area contributed by atoms with E-state index in [2.05, 4.69) is 0 Å². The van der Waals surface area contributed by atoms with Gasteiger partial charge in [-0.1, -0.05) is 0 Å². The maximum Gasteiger partial charge on any atom is 0.305 e. The Kier molecular flexibility index (Phi) is 5.13. The van der Waals surface area contributed by atoms with Crippen molar-refractivity contribution in [1.29, 1.82) is 0 Å². The molecule has 0 spiro atoms.